The third kappa shape index (κ3) is 4.60. The highest BCUT2D eigenvalue weighted by Crippen LogP contribution is 2.34. The summed E-state index contributed by atoms with van der Waals surface area (Å²) in [4.78, 5) is 26.9. The highest BCUT2D eigenvalue weighted by Gasteiger charge is 2.24. The molecule has 1 N–H and O–H groups in total. The van der Waals surface area contributed by atoms with E-state index >= 15 is 0 Å². The molecule has 0 spiro atoms. The Morgan fingerprint density at radius 1 is 1.33 bits per heavy atom. The van der Waals surface area contributed by atoms with Gasteiger partial charge in [0.2, 0.25) is 5.91 Å². The van der Waals surface area contributed by atoms with E-state index in [1.165, 1.54) is 30.2 Å². The summed E-state index contributed by atoms with van der Waals surface area (Å²) < 4.78 is 6.95. The molecule has 160 valence electrons. The molecule has 3 heterocycles. The van der Waals surface area contributed by atoms with Crippen molar-refractivity contribution in [1.29, 1.82) is 0 Å². The summed E-state index contributed by atoms with van der Waals surface area (Å²) in [5, 5.41) is 14.7. The molecule has 30 heavy (non-hydrogen) atoms. The van der Waals surface area contributed by atoms with E-state index in [1.54, 1.807) is 11.3 Å². The Balaban J connectivity index is 1.76. The Morgan fingerprint density at radius 2 is 2.10 bits per heavy atom. The van der Waals surface area contributed by atoms with Crippen LogP contribution >= 0.6 is 34.4 Å². The Hall–Kier alpha value is -2.17. The van der Waals surface area contributed by atoms with Gasteiger partial charge in [-0.15, -0.1) is 32.9 Å². The second-order valence-electron chi connectivity index (χ2n) is 6.77. The molecule has 0 saturated heterocycles. The monoisotopic (exact) mass is 464 g/mol. The fourth-order valence-electron chi connectivity index (χ4n) is 3.12. The summed E-state index contributed by atoms with van der Waals surface area (Å²) in [7, 11) is 1.35. The number of carbonyl (C=O) groups excluding carboxylic acids is 2. The lowest BCUT2D eigenvalue weighted by Crippen LogP contribution is -2.17. The molecule has 0 bridgehead atoms. The van der Waals surface area contributed by atoms with E-state index in [1.807, 2.05) is 35.9 Å². The molecule has 0 unspecified atom stereocenters. The number of anilines is 1. The van der Waals surface area contributed by atoms with Crippen LogP contribution in [0.3, 0.4) is 0 Å². The number of hydrogen-bond donors (Lipinski definition) is 1. The SMILES string of the molecule is CCc1c(C)sc(NC(=O)CSc2nnc(-c3cccs3)n2C(C)C)c1C(=O)OC. The van der Waals surface area contributed by atoms with E-state index < -0.39 is 5.97 Å². The van der Waals surface area contributed by atoms with Crippen LogP contribution in [0.25, 0.3) is 10.7 Å². The van der Waals surface area contributed by atoms with Gasteiger partial charge in [-0.2, -0.15) is 0 Å². The first-order valence-electron chi connectivity index (χ1n) is 9.49. The zero-order chi connectivity index (χ0) is 21.8. The summed E-state index contributed by atoms with van der Waals surface area (Å²) in [6.07, 6.45) is 0.695. The van der Waals surface area contributed by atoms with E-state index in [-0.39, 0.29) is 17.7 Å². The van der Waals surface area contributed by atoms with Gasteiger partial charge in [-0.25, -0.2) is 4.79 Å². The Kier molecular flexibility index (Phi) is 7.32. The van der Waals surface area contributed by atoms with E-state index in [9.17, 15) is 9.59 Å². The summed E-state index contributed by atoms with van der Waals surface area (Å²) >= 11 is 4.33. The Bertz CT molecular complexity index is 1040. The minimum absolute atomic E-state index is 0.153. The van der Waals surface area contributed by atoms with Crippen molar-refractivity contribution in [3.8, 4) is 10.7 Å². The van der Waals surface area contributed by atoms with Crippen LogP contribution in [-0.2, 0) is 16.0 Å². The van der Waals surface area contributed by atoms with Crippen molar-refractivity contribution in [2.75, 3.05) is 18.2 Å². The predicted molar refractivity (Wildman–Crippen MR) is 123 cm³/mol. The van der Waals surface area contributed by atoms with Gasteiger partial charge in [0, 0.05) is 10.9 Å². The number of hydrogen-bond acceptors (Lipinski definition) is 8. The normalized spacial score (nSPS) is 11.1. The van der Waals surface area contributed by atoms with Gasteiger partial charge in [0.1, 0.15) is 5.00 Å². The third-order valence-electron chi connectivity index (χ3n) is 4.46. The fraction of sp³-hybridized carbons (Fsp3) is 0.400. The van der Waals surface area contributed by atoms with Crippen LogP contribution in [0.5, 0.6) is 0 Å². The molecule has 0 aromatic carbocycles. The zero-order valence-corrected chi connectivity index (χ0v) is 20.0. The molecule has 10 heteroatoms. The molecule has 0 atom stereocenters. The molecule has 3 aromatic rings. The molecule has 1 amide bonds. The second-order valence-corrected chi connectivity index (χ2v) is 9.89. The van der Waals surface area contributed by atoms with Crippen molar-refractivity contribution in [1.82, 2.24) is 14.8 Å². The van der Waals surface area contributed by atoms with Crippen LogP contribution in [-0.4, -0.2) is 39.5 Å². The maximum atomic E-state index is 12.6. The van der Waals surface area contributed by atoms with Crippen LogP contribution in [0.2, 0.25) is 0 Å². The van der Waals surface area contributed by atoms with Gasteiger partial charge in [0.15, 0.2) is 11.0 Å². The summed E-state index contributed by atoms with van der Waals surface area (Å²) in [6, 6.07) is 4.14. The fourth-order valence-corrected chi connectivity index (χ4v) is 5.84. The number of amides is 1. The van der Waals surface area contributed by atoms with Gasteiger partial charge < -0.3 is 10.1 Å². The van der Waals surface area contributed by atoms with Gasteiger partial charge in [-0.3, -0.25) is 9.36 Å². The number of aryl methyl sites for hydroxylation is 1. The highest BCUT2D eigenvalue weighted by atomic mass is 32.2. The number of thiophene rings is 2. The number of carbonyl (C=O) groups is 2. The number of aromatic nitrogens is 3. The topological polar surface area (TPSA) is 86.1 Å². The summed E-state index contributed by atoms with van der Waals surface area (Å²) in [5.41, 5.74) is 1.36. The smallest absolute Gasteiger partial charge is 0.341 e. The average Bonchev–Trinajstić information content (AvgIpc) is 3.43. The van der Waals surface area contributed by atoms with Gasteiger partial charge >= 0.3 is 5.97 Å². The van der Waals surface area contributed by atoms with Crippen LogP contribution in [0.4, 0.5) is 5.00 Å². The van der Waals surface area contributed by atoms with E-state index in [2.05, 4.69) is 29.4 Å². The number of thioether (sulfide) groups is 1. The van der Waals surface area contributed by atoms with E-state index in [4.69, 9.17) is 4.74 Å². The number of methoxy groups -OCH3 is 1. The van der Waals surface area contributed by atoms with Crippen LogP contribution in [0.15, 0.2) is 22.7 Å². The second kappa shape index (κ2) is 9.76. The number of ether oxygens (including phenoxy) is 1. The van der Waals surface area contributed by atoms with E-state index in [0.717, 1.165) is 21.1 Å². The molecule has 7 nitrogen and oxygen atoms in total. The molecule has 3 aromatic heterocycles. The van der Waals surface area contributed by atoms with E-state index in [0.29, 0.717) is 22.1 Å². The van der Waals surface area contributed by atoms with Gasteiger partial charge in [-0.1, -0.05) is 24.8 Å². The largest absolute Gasteiger partial charge is 0.465 e. The predicted octanol–water partition coefficient (Wildman–Crippen LogP) is 5.04. The minimum atomic E-state index is -0.431. The average molecular weight is 465 g/mol. The van der Waals surface area contributed by atoms with Crippen molar-refractivity contribution in [3.05, 3.63) is 33.5 Å². The molecule has 0 saturated carbocycles. The third-order valence-corrected chi connectivity index (χ3v) is 7.33. The molecule has 0 aliphatic carbocycles. The maximum absolute atomic E-state index is 12.6. The molecular weight excluding hydrogens is 440 g/mol. The van der Waals surface area contributed by atoms with Crippen molar-refractivity contribution >= 4 is 51.3 Å². The number of nitrogens with zero attached hydrogens (tertiary/aromatic N) is 3. The van der Waals surface area contributed by atoms with Crippen molar-refractivity contribution in [2.24, 2.45) is 0 Å². The summed E-state index contributed by atoms with van der Waals surface area (Å²) in [6.45, 7) is 8.05. The number of nitrogens with one attached hydrogen (secondary N) is 1. The van der Waals surface area contributed by atoms with Gasteiger partial charge in [0.05, 0.1) is 23.3 Å². The van der Waals surface area contributed by atoms with Crippen molar-refractivity contribution in [3.63, 3.8) is 0 Å². The molecule has 0 radical (unpaired) electrons. The Labute approximate surface area is 187 Å². The van der Waals surface area contributed by atoms with Crippen LogP contribution in [0.1, 0.15) is 47.6 Å². The zero-order valence-electron chi connectivity index (χ0n) is 17.5. The maximum Gasteiger partial charge on any atom is 0.341 e. The van der Waals surface area contributed by atoms with Crippen LogP contribution < -0.4 is 5.32 Å². The first-order valence-corrected chi connectivity index (χ1v) is 12.2. The molecule has 0 aliphatic heterocycles. The first kappa shape index (κ1) is 22.5. The minimum Gasteiger partial charge on any atom is -0.465 e. The summed E-state index contributed by atoms with van der Waals surface area (Å²) in [5.74, 6) is 0.329. The molecular formula is C20H24N4O3S3. The molecule has 3 rings (SSSR count). The standard InChI is InChI=1S/C20H24N4O3S3/c1-6-13-12(4)30-18(16(13)19(26)27-5)21-15(25)10-29-20-23-22-17(24(20)11(2)3)14-8-7-9-28-14/h7-9,11H,6,10H2,1-5H3,(H,21,25). The molecule has 0 aliphatic rings. The number of rotatable bonds is 8. The highest BCUT2D eigenvalue weighted by molar-refractivity contribution is 7.99. The van der Waals surface area contributed by atoms with Gasteiger partial charge in [-0.05, 0) is 44.2 Å². The quantitative estimate of drug-likeness (QED) is 0.371. The lowest BCUT2D eigenvalue weighted by molar-refractivity contribution is -0.113. The van der Waals surface area contributed by atoms with Crippen molar-refractivity contribution in [2.45, 2.75) is 45.3 Å². The molecule has 0 fully saturated rings. The van der Waals surface area contributed by atoms with Gasteiger partial charge in [0.25, 0.3) is 0 Å². The first-order chi connectivity index (χ1) is 14.4. The lowest BCUT2D eigenvalue weighted by Gasteiger charge is -2.13. The number of esters is 1. The van der Waals surface area contributed by atoms with Crippen LogP contribution in [0, 0.1) is 6.92 Å². The lowest BCUT2D eigenvalue weighted by atomic mass is 10.1. The Morgan fingerprint density at radius 3 is 2.70 bits per heavy atom. The van der Waals surface area contributed by atoms with Crippen molar-refractivity contribution < 1.29 is 14.3 Å².